The van der Waals surface area contributed by atoms with E-state index in [1.54, 1.807) is 6.33 Å². The monoisotopic (exact) mass is 276 g/mol. The van der Waals surface area contributed by atoms with Gasteiger partial charge in [-0.05, 0) is 20.3 Å². The molecule has 0 aliphatic heterocycles. The van der Waals surface area contributed by atoms with Crippen LogP contribution in [0.3, 0.4) is 0 Å². The molecule has 0 spiro atoms. The number of imidazole rings is 1. The molecule has 0 aliphatic rings. The molecule has 0 aromatic carbocycles. The van der Waals surface area contributed by atoms with Crippen LogP contribution in [0, 0.1) is 0 Å². The van der Waals surface area contributed by atoms with Crippen molar-refractivity contribution in [2.45, 2.75) is 46.1 Å². The van der Waals surface area contributed by atoms with Gasteiger partial charge in [-0.15, -0.1) is 0 Å². The molecule has 0 amide bonds. The van der Waals surface area contributed by atoms with Crippen LogP contribution in [0.5, 0.6) is 0 Å². The number of aromatic nitrogens is 4. The van der Waals surface area contributed by atoms with Crippen LogP contribution in [-0.2, 0) is 0 Å². The van der Waals surface area contributed by atoms with E-state index in [9.17, 15) is 0 Å². The largest absolute Gasteiger partial charge is 0.357 e. The first-order valence-electron chi connectivity index (χ1n) is 7.32. The molecule has 0 atom stereocenters. The topological polar surface area (TPSA) is 69.7 Å². The Bertz CT molecular complexity index is 548. The van der Waals surface area contributed by atoms with Crippen LogP contribution in [0.25, 0.3) is 11.2 Å². The molecule has 6 nitrogen and oxygen atoms in total. The molecule has 0 saturated carbocycles. The SMILES string of the molecule is CCCCCN(c1nc(NC)nc2nc[nH]c12)C(C)C. The van der Waals surface area contributed by atoms with Crippen molar-refractivity contribution < 1.29 is 0 Å². The highest BCUT2D eigenvalue weighted by Gasteiger charge is 2.18. The molecule has 0 bridgehead atoms. The van der Waals surface area contributed by atoms with E-state index in [2.05, 4.69) is 50.9 Å². The zero-order valence-corrected chi connectivity index (χ0v) is 12.8. The van der Waals surface area contributed by atoms with Crippen molar-refractivity contribution in [3.63, 3.8) is 0 Å². The van der Waals surface area contributed by atoms with Gasteiger partial charge in [0.25, 0.3) is 0 Å². The van der Waals surface area contributed by atoms with E-state index in [1.165, 1.54) is 19.3 Å². The molecule has 20 heavy (non-hydrogen) atoms. The number of hydrogen-bond acceptors (Lipinski definition) is 5. The van der Waals surface area contributed by atoms with Crippen LogP contribution < -0.4 is 10.2 Å². The van der Waals surface area contributed by atoms with Gasteiger partial charge in [-0.3, -0.25) is 0 Å². The lowest BCUT2D eigenvalue weighted by Crippen LogP contribution is -2.33. The lowest BCUT2D eigenvalue weighted by molar-refractivity contribution is 0.621. The lowest BCUT2D eigenvalue weighted by Gasteiger charge is -2.28. The van der Waals surface area contributed by atoms with Gasteiger partial charge in [0.05, 0.1) is 6.33 Å². The summed E-state index contributed by atoms with van der Waals surface area (Å²) in [6.45, 7) is 7.60. The molecule has 0 unspecified atom stereocenters. The molecule has 0 fully saturated rings. The summed E-state index contributed by atoms with van der Waals surface area (Å²) in [5, 5.41) is 3.01. The van der Waals surface area contributed by atoms with E-state index in [4.69, 9.17) is 0 Å². The average molecular weight is 276 g/mol. The molecule has 2 aromatic rings. The number of H-pyrrole nitrogens is 1. The van der Waals surface area contributed by atoms with Gasteiger partial charge in [0.2, 0.25) is 5.95 Å². The number of aromatic amines is 1. The zero-order valence-electron chi connectivity index (χ0n) is 12.8. The maximum Gasteiger partial charge on any atom is 0.226 e. The van der Waals surface area contributed by atoms with Crippen LogP contribution in [0.2, 0.25) is 0 Å². The summed E-state index contributed by atoms with van der Waals surface area (Å²) in [6.07, 6.45) is 5.30. The fourth-order valence-electron chi connectivity index (χ4n) is 2.28. The summed E-state index contributed by atoms with van der Waals surface area (Å²) in [5.74, 6) is 1.55. The second-order valence-electron chi connectivity index (χ2n) is 5.22. The Morgan fingerprint density at radius 1 is 1.30 bits per heavy atom. The summed E-state index contributed by atoms with van der Waals surface area (Å²) in [4.78, 5) is 18.7. The van der Waals surface area contributed by atoms with Crippen LogP contribution in [0.15, 0.2) is 6.33 Å². The van der Waals surface area contributed by atoms with E-state index in [1.807, 2.05) is 7.05 Å². The van der Waals surface area contributed by atoms with Gasteiger partial charge in [0, 0.05) is 19.6 Å². The standard InChI is InChI=1S/C14H24N6/c1-5-6-7-8-20(10(2)3)13-11-12(17-9-16-11)18-14(15-4)19-13/h9-10H,5-8H2,1-4H3,(H2,15,16,17,18,19). The number of unbranched alkanes of at least 4 members (excludes halogenated alkanes) is 2. The highest BCUT2D eigenvalue weighted by Crippen LogP contribution is 2.24. The summed E-state index contributed by atoms with van der Waals surface area (Å²) >= 11 is 0. The molecular formula is C14H24N6. The lowest BCUT2D eigenvalue weighted by atomic mass is 10.2. The Morgan fingerprint density at radius 2 is 2.10 bits per heavy atom. The van der Waals surface area contributed by atoms with Crippen molar-refractivity contribution in [3.8, 4) is 0 Å². The van der Waals surface area contributed by atoms with E-state index >= 15 is 0 Å². The highest BCUT2D eigenvalue weighted by molar-refractivity contribution is 5.84. The number of fused-ring (bicyclic) bond motifs is 1. The Labute approximate surface area is 120 Å². The summed E-state index contributed by atoms with van der Waals surface area (Å²) < 4.78 is 0. The van der Waals surface area contributed by atoms with Gasteiger partial charge >= 0.3 is 0 Å². The minimum absolute atomic E-state index is 0.387. The second-order valence-corrected chi connectivity index (χ2v) is 5.22. The molecule has 2 N–H and O–H groups in total. The predicted molar refractivity (Wildman–Crippen MR) is 83.2 cm³/mol. The quantitative estimate of drug-likeness (QED) is 0.761. The summed E-state index contributed by atoms with van der Waals surface area (Å²) in [7, 11) is 1.83. The Hall–Kier alpha value is -1.85. The molecule has 2 aromatic heterocycles. The van der Waals surface area contributed by atoms with E-state index in [-0.39, 0.29) is 0 Å². The second kappa shape index (κ2) is 6.54. The van der Waals surface area contributed by atoms with Crippen molar-refractivity contribution in [2.24, 2.45) is 0 Å². The smallest absolute Gasteiger partial charge is 0.226 e. The van der Waals surface area contributed by atoms with Crippen molar-refractivity contribution in [2.75, 3.05) is 23.8 Å². The molecule has 0 radical (unpaired) electrons. The predicted octanol–water partition coefficient (Wildman–Crippen LogP) is 2.80. The maximum absolute atomic E-state index is 4.62. The van der Waals surface area contributed by atoms with Crippen LogP contribution in [0.1, 0.15) is 40.0 Å². The third-order valence-electron chi connectivity index (χ3n) is 3.39. The Morgan fingerprint density at radius 3 is 2.75 bits per heavy atom. The van der Waals surface area contributed by atoms with Crippen molar-refractivity contribution in [1.82, 2.24) is 19.9 Å². The first-order chi connectivity index (χ1) is 9.67. The van der Waals surface area contributed by atoms with Crippen molar-refractivity contribution in [1.29, 1.82) is 0 Å². The number of rotatable bonds is 7. The third-order valence-corrected chi connectivity index (χ3v) is 3.39. The van der Waals surface area contributed by atoms with Crippen LogP contribution >= 0.6 is 0 Å². The third kappa shape index (κ3) is 3.00. The molecule has 110 valence electrons. The minimum Gasteiger partial charge on any atom is -0.357 e. The normalized spacial score (nSPS) is 11.2. The Kier molecular flexibility index (Phi) is 4.76. The van der Waals surface area contributed by atoms with E-state index in [0.717, 1.165) is 17.9 Å². The fourth-order valence-corrected chi connectivity index (χ4v) is 2.28. The van der Waals surface area contributed by atoms with Gasteiger partial charge in [-0.25, -0.2) is 4.98 Å². The van der Waals surface area contributed by atoms with Crippen molar-refractivity contribution >= 4 is 22.9 Å². The van der Waals surface area contributed by atoms with E-state index < -0.39 is 0 Å². The molecule has 6 heteroatoms. The Balaban J connectivity index is 2.38. The molecule has 2 heterocycles. The van der Waals surface area contributed by atoms with Gasteiger partial charge in [0.1, 0.15) is 5.52 Å². The zero-order chi connectivity index (χ0) is 14.5. The van der Waals surface area contributed by atoms with Gasteiger partial charge < -0.3 is 15.2 Å². The van der Waals surface area contributed by atoms with Crippen molar-refractivity contribution in [3.05, 3.63) is 6.33 Å². The van der Waals surface area contributed by atoms with Crippen LogP contribution in [0.4, 0.5) is 11.8 Å². The van der Waals surface area contributed by atoms with Crippen LogP contribution in [-0.4, -0.2) is 39.6 Å². The average Bonchev–Trinajstić information content (AvgIpc) is 2.90. The van der Waals surface area contributed by atoms with Gasteiger partial charge in [-0.1, -0.05) is 19.8 Å². The molecular weight excluding hydrogens is 252 g/mol. The summed E-state index contributed by atoms with van der Waals surface area (Å²) in [6, 6.07) is 0.387. The highest BCUT2D eigenvalue weighted by atomic mass is 15.3. The number of hydrogen-bond donors (Lipinski definition) is 2. The first-order valence-corrected chi connectivity index (χ1v) is 7.32. The summed E-state index contributed by atoms with van der Waals surface area (Å²) in [5.41, 5.74) is 1.62. The maximum atomic E-state index is 4.62. The fraction of sp³-hybridized carbons (Fsp3) is 0.643. The number of nitrogens with one attached hydrogen (secondary N) is 2. The van der Waals surface area contributed by atoms with E-state index in [0.29, 0.717) is 17.6 Å². The first kappa shape index (κ1) is 14.6. The van der Waals surface area contributed by atoms with Gasteiger partial charge in [-0.2, -0.15) is 9.97 Å². The molecule has 2 rings (SSSR count). The number of nitrogens with zero attached hydrogens (tertiary/aromatic N) is 4. The van der Waals surface area contributed by atoms with Gasteiger partial charge in [0.15, 0.2) is 11.5 Å². The molecule has 0 aliphatic carbocycles. The number of anilines is 2. The molecule has 0 saturated heterocycles. The minimum atomic E-state index is 0.387.